The summed E-state index contributed by atoms with van der Waals surface area (Å²) in [6, 6.07) is 12.5. The number of hydrogen-bond acceptors (Lipinski definition) is 2. The van der Waals surface area contributed by atoms with Crippen molar-refractivity contribution in [3.8, 4) is 6.07 Å². The van der Waals surface area contributed by atoms with Gasteiger partial charge in [0.05, 0.1) is 5.69 Å². The summed E-state index contributed by atoms with van der Waals surface area (Å²) in [5.41, 5.74) is 1.58. The molecule has 2 N–H and O–H groups in total. The summed E-state index contributed by atoms with van der Waals surface area (Å²) < 4.78 is 13.4. The van der Waals surface area contributed by atoms with Gasteiger partial charge in [0.2, 0.25) is 0 Å². The van der Waals surface area contributed by atoms with Crippen molar-refractivity contribution in [2.45, 2.75) is 6.92 Å². The van der Waals surface area contributed by atoms with E-state index in [-0.39, 0.29) is 11.3 Å². The number of carbonyl (C=O) groups is 1. The van der Waals surface area contributed by atoms with Crippen molar-refractivity contribution in [3.05, 3.63) is 59.4 Å². The van der Waals surface area contributed by atoms with Crippen molar-refractivity contribution in [2.24, 2.45) is 0 Å². The van der Waals surface area contributed by atoms with Crippen LogP contribution in [0.4, 0.5) is 20.6 Å². The Hall–Kier alpha value is -2.87. The smallest absolute Gasteiger partial charge is 0.308 e. The first-order valence-electron chi connectivity index (χ1n) is 5.93. The van der Waals surface area contributed by atoms with Crippen LogP contribution >= 0.6 is 0 Å². The fourth-order valence-corrected chi connectivity index (χ4v) is 1.75. The van der Waals surface area contributed by atoms with Crippen LogP contribution in [0.5, 0.6) is 0 Å². The number of aryl methyl sites for hydroxylation is 1. The number of urea groups is 1. The third kappa shape index (κ3) is 3.12. The maximum Gasteiger partial charge on any atom is 0.323 e. The van der Waals surface area contributed by atoms with Gasteiger partial charge >= 0.3 is 6.03 Å². The summed E-state index contributed by atoms with van der Waals surface area (Å²) in [4.78, 5) is 11.8. The number of carbonyl (C=O) groups excluding carboxylic acids is 1. The van der Waals surface area contributed by atoms with E-state index in [1.807, 2.05) is 19.1 Å². The van der Waals surface area contributed by atoms with E-state index in [1.54, 1.807) is 18.2 Å². The Bertz CT molecular complexity index is 692. The average molecular weight is 269 g/mol. The predicted molar refractivity (Wildman–Crippen MR) is 74.9 cm³/mol. The third-order valence-corrected chi connectivity index (χ3v) is 2.65. The molecule has 2 amide bonds. The van der Waals surface area contributed by atoms with Gasteiger partial charge in [-0.2, -0.15) is 5.26 Å². The van der Waals surface area contributed by atoms with Crippen molar-refractivity contribution in [3.63, 3.8) is 0 Å². The normalized spacial score (nSPS) is 9.65. The van der Waals surface area contributed by atoms with Gasteiger partial charge < -0.3 is 10.6 Å². The first-order valence-corrected chi connectivity index (χ1v) is 5.93. The second-order valence-corrected chi connectivity index (χ2v) is 4.22. The van der Waals surface area contributed by atoms with E-state index < -0.39 is 11.8 Å². The zero-order chi connectivity index (χ0) is 14.5. The molecule has 0 unspecified atom stereocenters. The van der Waals surface area contributed by atoms with E-state index in [2.05, 4.69) is 10.6 Å². The third-order valence-electron chi connectivity index (χ3n) is 2.65. The minimum Gasteiger partial charge on any atom is -0.308 e. The number of benzene rings is 2. The number of rotatable bonds is 2. The SMILES string of the molecule is Cc1cccc(NC(=O)Nc2cccc(F)c2C#N)c1. The molecule has 0 spiro atoms. The molecule has 2 rings (SSSR count). The molecule has 2 aromatic carbocycles. The van der Waals surface area contributed by atoms with Crippen LogP contribution in [0, 0.1) is 24.1 Å². The van der Waals surface area contributed by atoms with E-state index in [1.165, 1.54) is 18.2 Å². The highest BCUT2D eigenvalue weighted by atomic mass is 19.1. The van der Waals surface area contributed by atoms with Gasteiger partial charge in [0.1, 0.15) is 17.4 Å². The molecule has 0 heterocycles. The van der Waals surface area contributed by atoms with E-state index in [0.29, 0.717) is 5.69 Å². The highest BCUT2D eigenvalue weighted by molar-refractivity contribution is 6.00. The van der Waals surface area contributed by atoms with Gasteiger partial charge in [0, 0.05) is 5.69 Å². The largest absolute Gasteiger partial charge is 0.323 e. The van der Waals surface area contributed by atoms with Crippen LogP contribution in [0.15, 0.2) is 42.5 Å². The van der Waals surface area contributed by atoms with Crippen molar-refractivity contribution in [2.75, 3.05) is 10.6 Å². The van der Waals surface area contributed by atoms with Crippen LogP contribution in [-0.4, -0.2) is 6.03 Å². The first-order chi connectivity index (χ1) is 9.60. The first kappa shape index (κ1) is 13.6. The number of hydrogen-bond donors (Lipinski definition) is 2. The zero-order valence-corrected chi connectivity index (χ0v) is 10.8. The fourth-order valence-electron chi connectivity index (χ4n) is 1.75. The number of anilines is 2. The van der Waals surface area contributed by atoms with Crippen molar-refractivity contribution in [1.29, 1.82) is 5.26 Å². The number of nitrogens with one attached hydrogen (secondary N) is 2. The molecule has 0 atom stereocenters. The van der Waals surface area contributed by atoms with E-state index in [9.17, 15) is 9.18 Å². The summed E-state index contributed by atoms with van der Waals surface area (Å²) in [6.45, 7) is 1.91. The minimum absolute atomic E-state index is 0.137. The lowest BCUT2D eigenvalue weighted by atomic mass is 10.2. The molecule has 100 valence electrons. The second kappa shape index (κ2) is 5.85. The molecule has 0 fully saturated rings. The van der Waals surface area contributed by atoms with Crippen LogP contribution in [0.25, 0.3) is 0 Å². The maximum atomic E-state index is 13.4. The highest BCUT2D eigenvalue weighted by Crippen LogP contribution is 2.18. The van der Waals surface area contributed by atoms with Gasteiger partial charge in [0.15, 0.2) is 0 Å². The second-order valence-electron chi connectivity index (χ2n) is 4.22. The monoisotopic (exact) mass is 269 g/mol. The van der Waals surface area contributed by atoms with Gasteiger partial charge in [-0.1, -0.05) is 18.2 Å². The topological polar surface area (TPSA) is 64.9 Å². The Labute approximate surface area is 115 Å². The van der Waals surface area contributed by atoms with E-state index in [0.717, 1.165) is 5.56 Å². The van der Waals surface area contributed by atoms with Gasteiger partial charge in [-0.15, -0.1) is 0 Å². The molecule has 0 saturated heterocycles. The van der Waals surface area contributed by atoms with Crippen LogP contribution in [0.2, 0.25) is 0 Å². The number of nitriles is 1. The van der Waals surface area contributed by atoms with Gasteiger partial charge in [-0.3, -0.25) is 0 Å². The van der Waals surface area contributed by atoms with Crippen LogP contribution in [-0.2, 0) is 0 Å². The maximum absolute atomic E-state index is 13.4. The lowest BCUT2D eigenvalue weighted by molar-refractivity contribution is 0.262. The van der Waals surface area contributed by atoms with Crippen molar-refractivity contribution in [1.82, 2.24) is 0 Å². The Morgan fingerprint density at radius 1 is 1.20 bits per heavy atom. The zero-order valence-electron chi connectivity index (χ0n) is 10.8. The summed E-state index contributed by atoms with van der Waals surface area (Å²) in [5.74, 6) is -0.666. The van der Waals surface area contributed by atoms with Crippen molar-refractivity contribution < 1.29 is 9.18 Å². The Balaban J connectivity index is 2.13. The minimum atomic E-state index is -0.666. The van der Waals surface area contributed by atoms with Gasteiger partial charge in [0.25, 0.3) is 0 Å². The average Bonchev–Trinajstić information content (AvgIpc) is 2.38. The van der Waals surface area contributed by atoms with E-state index in [4.69, 9.17) is 5.26 Å². The summed E-state index contributed by atoms with van der Waals surface area (Å²) in [5, 5.41) is 14.0. The molecule has 0 aliphatic carbocycles. The molecule has 0 aliphatic heterocycles. The van der Waals surface area contributed by atoms with Gasteiger partial charge in [-0.05, 0) is 36.8 Å². The van der Waals surface area contributed by atoms with Crippen LogP contribution in [0.3, 0.4) is 0 Å². The number of nitrogens with zero attached hydrogens (tertiary/aromatic N) is 1. The van der Waals surface area contributed by atoms with Gasteiger partial charge in [-0.25, -0.2) is 9.18 Å². The molecule has 0 aromatic heterocycles. The number of halogens is 1. The van der Waals surface area contributed by atoms with Crippen molar-refractivity contribution >= 4 is 17.4 Å². The molecular weight excluding hydrogens is 257 g/mol. The Kier molecular flexibility index (Phi) is 3.96. The summed E-state index contributed by atoms with van der Waals surface area (Å²) >= 11 is 0. The predicted octanol–water partition coefficient (Wildman–Crippen LogP) is 3.65. The van der Waals surface area contributed by atoms with Crippen LogP contribution < -0.4 is 10.6 Å². The molecule has 0 radical (unpaired) electrons. The lowest BCUT2D eigenvalue weighted by Crippen LogP contribution is -2.20. The molecule has 4 nitrogen and oxygen atoms in total. The quantitative estimate of drug-likeness (QED) is 0.874. The summed E-state index contributed by atoms with van der Waals surface area (Å²) in [6.07, 6.45) is 0. The molecule has 0 aliphatic rings. The molecule has 5 heteroatoms. The molecular formula is C15H12FN3O. The standard InChI is InChI=1S/C15H12FN3O/c1-10-4-2-5-11(8-10)18-15(20)19-14-7-3-6-13(16)12(14)9-17/h2-8H,1H3,(H2,18,19,20). The molecule has 20 heavy (non-hydrogen) atoms. The molecule has 0 saturated carbocycles. The molecule has 2 aromatic rings. The Morgan fingerprint density at radius 2 is 1.95 bits per heavy atom. The highest BCUT2D eigenvalue weighted by Gasteiger charge is 2.10. The number of amides is 2. The summed E-state index contributed by atoms with van der Waals surface area (Å²) in [7, 11) is 0. The van der Waals surface area contributed by atoms with Crippen LogP contribution in [0.1, 0.15) is 11.1 Å². The van der Waals surface area contributed by atoms with E-state index >= 15 is 0 Å². The Morgan fingerprint density at radius 3 is 2.65 bits per heavy atom. The fraction of sp³-hybridized carbons (Fsp3) is 0.0667. The lowest BCUT2D eigenvalue weighted by Gasteiger charge is -2.09. The molecule has 0 bridgehead atoms.